The number of hydrogen-bond acceptors (Lipinski definition) is 4. The summed E-state index contributed by atoms with van der Waals surface area (Å²) in [5.41, 5.74) is 9.86. The lowest BCUT2D eigenvalue weighted by Gasteiger charge is -2.16. The molecule has 0 atom stereocenters. The average Bonchev–Trinajstić information content (AvgIpc) is 3.28. The highest BCUT2D eigenvalue weighted by Crippen LogP contribution is 2.35. The third-order valence-electron chi connectivity index (χ3n) is 4.18. The van der Waals surface area contributed by atoms with Gasteiger partial charge in [0.05, 0.1) is 11.7 Å². The van der Waals surface area contributed by atoms with Crippen molar-refractivity contribution in [2.24, 2.45) is 0 Å². The summed E-state index contributed by atoms with van der Waals surface area (Å²) in [4.78, 5) is 4.45. The van der Waals surface area contributed by atoms with E-state index in [4.69, 9.17) is 10.5 Å². The predicted octanol–water partition coefficient (Wildman–Crippen LogP) is 4.04. The van der Waals surface area contributed by atoms with Gasteiger partial charge in [-0.15, -0.1) is 37.2 Å². The maximum Gasteiger partial charge on any atom is 0.138 e. The van der Waals surface area contributed by atoms with E-state index in [1.54, 1.807) is 6.20 Å². The number of nitrogens with one attached hydrogen (secondary N) is 1. The van der Waals surface area contributed by atoms with Crippen molar-refractivity contribution in [1.82, 2.24) is 10.3 Å². The van der Waals surface area contributed by atoms with Gasteiger partial charge in [-0.3, -0.25) is 4.98 Å². The molecule has 3 N–H and O–H groups in total. The van der Waals surface area contributed by atoms with Crippen molar-refractivity contribution in [1.29, 1.82) is 0 Å². The summed E-state index contributed by atoms with van der Waals surface area (Å²) in [6.45, 7) is 2.70. The van der Waals surface area contributed by atoms with E-state index in [0.717, 1.165) is 28.3 Å². The molecule has 0 unspecified atom stereocenters. The lowest BCUT2D eigenvalue weighted by atomic mass is 10.0. The van der Waals surface area contributed by atoms with E-state index in [0.29, 0.717) is 6.61 Å². The van der Waals surface area contributed by atoms with Crippen molar-refractivity contribution in [3.8, 4) is 16.9 Å². The van der Waals surface area contributed by atoms with E-state index in [1.807, 2.05) is 38.2 Å². The first-order chi connectivity index (χ1) is 10.1. The number of anilines is 1. The number of aryl methyl sites for hydroxylation is 1. The van der Waals surface area contributed by atoms with Gasteiger partial charge in [-0.1, -0.05) is 12.1 Å². The van der Waals surface area contributed by atoms with Gasteiger partial charge in [-0.2, -0.15) is 0 Å². The molecule has 3 rings (SSSR count). The molecule has 24 heavy (non-hydrogen) atoms. The first-order valence-electron chi connectivity index (χ1n) is 7.26. The van der Waals surface area contributed by atoms with E-state index in [9.17, 15) is 0 Å². The van der Waals surface area contributed by atoms with Crippen molar-refractivity contribution in [2.45, 2.75) is 25.3 Å². The fourth-order valence-corrected chi connectivity index (χ4v) is 2.39. The van der Waals surface area contributed by atoms with Gasteiger partial charge in [0.2, 0.25) is 0 Å². The van der Waals surface area contributed by atoms with Crippen LogP contribution in [0.15, 0.2) is 36.5 Å². The maximum atomic E-state index is 5.92. The molecule has 1 aromatic carbocycles. The van der Waals surface area contributed by atoms with E-state index in [1.165, 1.54) is 12.8 Å². The van der Waals surface area contributed by atoms with Crippen LogP contribution in [-0.4, -0.2) is 24.2 Å². The molecule has 1 saturated carbocycles. The summed E-state index contributed by atoms with van der Waals surface area (Å²) in [5.74, 6) is 0.814. The summed E-state index contributed by atoms with van der Waals surface area (Å²) in [6.07, 6.45) is 4.14. The van der Waals surface area contributed by atoms with Gasteiger partial charge in [0.15, 0.2) is 0 Å². The first-order valence-corrected chi connectivity index (χ1v) is 7.26. The minimum absolute atomic E-state index is 0. The van der Waals surface area contributed by atoms with Crippen LogP contribution in [0.3, 0.4) is 0 Å². The van der Waals surface area contributed by atoms with Gasteiger partial charge < -0.3 is 15.8 Å². The van der Waals surface area contributed by atoms with Gasteiger partial charge in [0.1, 0.15) is 12.4 Å². The number of pyridine rings is 1. The molecule has 1 heterocycles. The van der Waals surface area contributed by atoms with E-state index >= 15 is 0 Å². The SMILES string of the molecule is CNC1(COc2cnc(C)c(-c3ccc(N)cc3)c2)CC1.Cl.Cl.Cl. The zero-order valence-corrected chi connectivity index (χ0v) is 16.2. The Morgan fingerprint density at radius 3 is 2.33 bits per heavy atom. The number of ether oxygens (including phenoxy) is 1. The Kier molecular flexibility index (Phi) is 8.86. The van der Waals surface area contributed by atoms with Crippen LogP contribution in [-0.2, 0) is 0 Å². The quantitative estimate of drug-likeness (QED) is 0.754. The minimum atomic E-state index is 0. The standard InChI is InChI=1S/C17H21N3O.3ClH/c1-12-16(13-3-5-14(18)6-4-13)9-15(10-20-12)21-11-17(19-2)7-8-17;;;/h3-6,9-10,19H,7-8,11,18H2,1-2H3;3*1H. The summed E-state index contributed by atoms with van der Waals surface area (Å²) < 4.78 is 5.92. The van der Waals surface area contributed by atoms with Crippen molar-refractivity contribution in [3.05, 3.63) is 42.2 Å². The second-order valence-electron chi connectivity index (χ2n) is 5.75. The number of hydrogen-bond donors (Lipinski definition) is 2. The Balaban J connectivity index is 0.00000176. The molecule has 7 heteroatoms. The van der Waals surface area contributed by atoms with Crippen LogP contribution >= 0.6 is 37.2 Å². The molecule has 0 aliphatic heterocycles. The van der Waals surface area contributed by atoms with Gasteiger partial charge >= 0.3 is 0 Å². The van der Waals surface area contributed by atoms with Crippen LogP contribution in [0, 0.1) is 6.92 Å². The zero-order valence-electron chi connectivity index (χ0n) is 13.7. The molecular weight excluding hydrogens is 369 g/mol. The topological polar surface area (TPSA) is 60.2 Å². The highest BCUT2D eigenvalue weighted by molar-refractivity contribution is 5.86. The second-order valence-corrected chi connectivity index (χ2v) is 5.75. The lowest BCUT2D eigenvalue weighted by molar-refractivity contribution is 0.259. The molecular formula is C17H24Cl3N3O. The minimum Gasteiger partial charge on any atom is -0.490 e. The van der Waals surface area contributed by atoms with Crippen LogP contribution in [0.1, 0.15) is 18.5 Å². The molecule has 0 bridgehead atoms. The molecule has 0 saturated heterocycles. The fraction of sp³-hybridized carbons (Fsp3) is 0.353. The summed E-state index contributed by atoms with van der Waals surface area (Å²) >= 11 is 0. The number of nitrogen functional groups attached to an aromatic ring is 1. The third kappa shape index (κ3) is 5.15. The number of nitrogens with zero attached hydrogens (tertiary/aromatic N) is 1. The van der Waals surface area contributed by atoms with Crippen molar-refractivity contribution in [3.63, 3.8) is 0 Å². The molecule has 1 aliphatic rings. The molecule has 1 aliphatic carbocycles. The lowest BCUT2D eigenvalue weighted by Crippen LogP contribution is -2.33. The Hall–Kier alpha value is -1.20. The Morgan fingerprint density at radius 1 is 1.17 bits per heavy atom. The van der Waals surface area contributed by atoms with Gasteiger partial charge in [0.25, 0.3) is 0 Å². The smallest absolute Gasteiger partial charge is 0.138 e. The number of likely N-dealkylation sites (N-methyl/N-ethyl adjacent to an activating group) is 1. The first kappa shape index (κ1) is 22.8. The highest BCUT2D eigenvalue weighted by Gasteiger charge is 2.41. The average molecular weight is 393 g/mol. The van der Waals surface area contributed by atoms with Gasteiger partial charge in [-0.25, -0.2) is 0 Å². The molecule has 4 nitrogen and oxygen atoms in total. The molecule has 1 aromatic heterocycles. The van der Waals surface area contributed by atoms with Crippen LogP contribution < -0.4 is 15.8 Å². The second kappa shape index (κ2) is 9.33. The largest absolute Gasteiger partial charge is 0.490 e. The highest BCUT2D eigenvalue weighted by atomic mass is 35.5. The molecule has 134 valence electrons. The molecule has 2 aromatic rings. The summed E-state index contributed by atoms with van der Waals surface area (Å²) in [5, 5.41) is 3.33. The monoisotopic (exact) mass is 391 g/mol. The number of benzene rings is 1. The summed E-state index contributed by atoms with van der Waals surface area (Å²) in [7, 11) is 1.99. The third-order valence-corrected chi connectivity index (χ3v) is 4.18. The normalized spacial score (nSPS) is 13.8. The number of rotatable bonds is 5. The Bertz CT molecular complexity index is 646. The van der Waals surface area contributed by atoms with Crippen molar-refractivity contribution < 1.29 is 4.74 Å². The van der Waals surface area contributed by atoms with Crippen molar-refractivity contribution >= 4 is 42.9 Å². The maximum absolute atomic E-state index is 5.92. The van der Waals surface area contributed by atoms with E-state index < -0.39 is 0 Å². The number of nitrogens with two attached hydrogens (primary N) is 1. The summed E-state index contributed by atoms with van der Waals surface area (Å²) in [6, 6.07) is 9.89. The predicted molar refractivity (Wildman–Crippen MR) is 107 cm³/mol. The zero-order chi connectivity index (χ0) is 14.9. The van der Waals surface area contributed by atoms with Crippen LogP contribution in [0.25, 0.3) is 11.1 Å². The number of halogens is 3. The Labute approximate surface area is 161 Å². The molecule has 0 spiro atoms. The molecule has 0 amide bonds. The van der Waals surface area contributed by atoms with Crippen LogP contribution in [0.5, 0.6) is 5.75 Å². The van der Waals surface area contributed by atoms with Crippen LogP contribution in [0.4, 0.5) is 5.69 Å². The Morgan fingerprint density at radius 2 is 1.79 bits per heavy atom. The fourth-order valence-electron chi connectivity index (χ4n) is 2.39. The molecule has 0 radical (unpaired) electrons. The van der Waals surface area contributed by atoms with Gasteiger partial charge in [-0.05, 0) is 50.6 Å². The number of aromatic nitrogens is 1. The van der Waals surface area contributed by atoms with Crippen LogP contribution in [0.2, 0.25) is 0 Å². The van der Waals surface area contributed by atoms with Gasteiger partial charge in [0, 0.05) is 16.9 Å². The van der Waals surface area contributed by atoms with E-state index in [-0.39, 0.29) is 42.8 Å². The van der Waals surface area contributed by atoms with E-state index in [2.05, 4.69) is 16.4 Å². The molecule has 1 fully saturated rings. The van der Waals surface area contributed by atoms with Crippen molar-refractivity contribution in [2.75, 3.05) is 19.4 Å².